The van der Waals surface area contributed by atoms with Crippen LogP contribution in [0.4, 0.5) is 5.82 Å². The summed E-state index contributed by atoms with van der Waals surface area (Å²) in [6.45, 7) is 1.96. The molecule has 1 heterocycles. The van der Waals surface area contributed by atoms with E-state index in [9.17, 15) is 4.79 Å². The maximum atomic E-state index is 11.0. The van der Waals surface area contributed by atoms with Gasteiger partial charge in [0.1, 0.15) is 23.0 Å². The van der Waals surface area contributed by atoms with Crippen LogP contribution in [0.25, 0.3) is 0 Å². The third-order valence-electron chi connectivity index (χ3n) is 2.92. The van der Waals surface area contributed by atoms with E-state index < -0.39 is 0 Å². The topological polar surface area (TPSA) is 64.1 Å². The summed E-state index contributed by atoms with van der Waals surface area (Å²) in [6, 6.07) is 7.60. The van der Waals surface area contributed by atoms with Crippen molar-refractivity contribution in [1.29, 1.82) is 0 Å². The quantitative estimate of drug-likeness (QED) is 0.677. The van der Waals surface area contributed by atoms with Crippen LogP contribution in [-0.2, 0) is 0 Å². The monoisotopic (exact) mass is 291 g/mol. The Kier molecular flexibility index (Phi) is 4.53. The van der Waals surface area contributed by atoms with Gasteiger partial charge in [-0.3, -0.25) is 4.79 Å². The van der Waals surface area contributed by atoms with Gasteiger partial charge in [0.15, 0.2) is 6.29 Å². The third-order valence-corrected chi connectivity index (χ3v) is 3.22. The molecule has 6 heteroatoms. The molecule has 0 aliphatic rings. The molecule has 2 aromatic rings. The van der Waals surface area contributed by atoms with Crippen molar-refractivity contribution < 1.29 is 9.53 Å². The van der Waals surface area contributed by atoms with E-state index in [1.165, 1.54) is 6.33 Å². The molecule has 5 nitrogen and oxygen atoms in total. The van der Waals surface area contributed by atoms with Crippen molar-refractivity contribution in [3.63, 3.8) is 0 Å². The van der Waals surface area contributed by atoms with Crippen molar-refractivity contribution in [1.82, 2.24) is 9.97 Å². The van der Waals surface area contributed by atoms with E-state index in [0.29, 0.717) is 12.1 Å². The Hall–Kier alpha value is -2.14. The Morgan fingerprint density at radius 1 is 1.30 bits per heavy atom. The van der Waals surface area contributed by atoms with Gasteiger partial charge in [0, 0.05) is 6.04 Å². The molecule has 1 aromatic carbocycles. The molecule has 104 valence electrons. The highest BCUT2D eigenvalue weighted by atomic mass is 35.5. The largest absolute Gasteiger partial charge is 0.497 e. The lowest BCUT2D eigenvalue weighted by Gasteiger charge is -2.16. The van der Waals surface area contributed by atoms with Crippen LogP contribution in [0.5, 0.6) is 5.75 Å². The maximum Gasteiger partial charge on any atom is 0.156 e. The summed E-state index contributed by atoms with van der Waals surface area (Å²) in [6.07, 6.45) is 1.96. The normalized spacial score (nSPS) is 11.8. The number of carbonyl (C=O) groups excluding carboxylic acids is 1. The van der Waals surface area contributed by atoms with Gasteiger partial charge in [0.05, 0.1) is 12.7 Å². The zero-order chi connectivity index (χ0) is 14.5. The number of halogens is 1. The van der Waals surface area contributed by atoms with E-state index in [4.69, 9.17) is 16.3 Å². The number of carbonyl (C=O) groups is 1. The van der Waals surface area contributed by atoms with Gasteiger partial charge >= 0.3 is 0 Å². The fraction of sp³-hybridized carbons (Fsp3) is 0.214. The zero-order valence-electron chi connectivity index (χ0n) is 11.1. The smallest absolute Gasteiger partial charge is 0.156 e. The first-order chi connectivity index (χ1) is 9.65. The Bertz CT molecular complexity index is 602. The van der Waals surface area contributed by atoms with Crippen molar-refractivity contribution in [3.05, 3.63) is 46.9 Å². The number of rotatable bonds is 5. The average Bonchev–Trinajstić information content (AvgIpc) is 2.47. The van der Waals surface area contributed by atoms with Crippen molar-refractivity contribution >= 4 is 23.7 Å². The minimum absolute atomic E-state index is 0.0365. The molecule has 0 saturated heterocycles. The first-order valence-corrected chi connectivity index (χ1v) is 6.39. The van der Waals surface area contributed by atoms with E-state index in [1.54, 1.807) is 7.11 Å². The van der Waals surface area contributed by atoms with Crippen molar-refractivity contribution in [3.8, 4) is 5.75 Å². The SMILES string of the molecule is COc1ccc(C(C)Nc2ncnc(Cl)c2C=O)cc1. The second kappa shape index (κ2) is 6.34. The van der Waals surface area contributed by atoms with E-state index in [0.717, 1.165) is 11.3 Å². The number of aldehydes is 1. The van der Waals surface area contributed by atoms with Gasteiger partial charge in [-0.15, -0.1) is 0 Å². The van der Waals surface area contributed by atoms with E-state index in [2.05, 4.69) is 15.3 Å². The van der Waals surface area contributed by atoms with Crippen LogP contribution >= 0.6 is 11.6 Å². The number of hydrogen-bond acceptors (Lipinski definition) is 5. The van der Waals surface area contributed by atoms with Gasteiger partial charge in [-0.2, -0.15) is 0 Å². The first-order valence-electron chi connectivity index (χ1n) is 6.02. The maximum absolute atomic E-state index is 11.0. The molecular formula is C14H14ClN3O2. The van der Waals surface area contributed by atoms with Gasteiger partial charge < -0.3 is 10.1 Å². The van der Waals surface area contributed by atoms with E-state index >= 15 is 0 Å². The Labute approximate surface area is 122 Å². The van der Waals surface area contributed by atoms with Crippen LogP contribution < -0.4 is 10.1 Å². The number of aromatic nitrogens is 2. The molecule has 0 aliphatic carbocycles. The molecule has 0 spiro atoms. The van der Waals surface area contributed by atoms with Crippen molar-refractivity contribution in [2.45, 2.75) is 13.0 Å². The Balaban J connectivity index is 2.20. The molecule has 1 unspecified atom stereocenters. The zero-order valence-corrected chi connectivity index (χ0v) is 11.9. The molecule has 0 saturated carbocycles. The lowest BCUT2D eigenvalue weighted by molar-refractivity contribution is 0.112. The van der Waals surface area contributed by atoms with Gasteiger partial charge in [-0.25, -0.2) is 9.97 Å². The van der Waals surface area contributed by atoms with Crippen LogP contribution in [0.3, 0.4) is 0 Å². The lowest BCUT2D eigenvalue weighted by atomic mass is 10.1. The number of ether oxygens (including phenoxy) is 1. The lowest BCUT2D eigenvalue weighted by Crippen LogP contribution is -2.10. The first kappa shape index (κ1) is 14.3. The molecule has 0 fully saturated rings. The van der Waals surface area contributed by atoms with Gasteiger partial charge in [-0.1, -0.05) is 23.7 Å². The summed E-state index contributed by atoms with van der Waals surface area (Å²) in [5, 5.41) is 3.29. The van der Waals surface area contributed by atoms with Crippen molar-refractivity contribution in [2.75, 3.05) is 12.4 Å². The minimum atomic E-state index is -0.0365. The van der Waals surface area contributed by atoms with Gasteiger partial charge in [0.25, 0.3) is 0 Å². The number of benzene rings is 1. The van der Waals surface area contributed by atoms with E-state index in [1.807, 2.05) is 31.2 Å². The minimum Gasteiger partial charge on any atom is -0.497 e. The predicted octanol–water partition coefficient (Wildman–Crippen LogP) is 3.12. The second-order valence-electron chi connectivity index (χ2n) is 4.18. The summed E-state index contributed by atoms with van der Waals surface area (Å²) in [7, 11) is 1.62. The fourth-order valence-electron chi connectivity index (χ4n) is 1.77. The summed E-state index contributed by atoms with van der Waals surface area (Å²) in [5.41, 5.74) is 1.30. The summed E-state index contributed by atoms with van der Waals surface area (Å²) in [5.74, 6) is 1.21. The molecule has 1 aromatic heterocycles. The van der Waals surface area contributed by atoms with Crippen LogP contribution in [0, 0.1) is 0 Å². The highest BCUT2D eigenvalue weighted by molar-refractivity contribution is 6.32. The number of nitrogens with one attached hydrogen (secondary N) is 1. The second-order valence-corrected chi connectivity index (χ2v) is 4.54. The Morgan fingerprint density at radius 3 is 2.60 bits per heavy atom. The van der Waals surface area contributed by atoms with E-state index in [-0.39, 0.29) is 16.8 Å². The molecule has 1 atom stereocenters. The van der Waals surface area contributed by atoms with Gasteiger partial charge in [0.2, 0.25) is 0 Å². The molecule has 1 N–H and O–H groups in total. The number of anilines is 1. The summed E-state index contributed by atoms with van der Waals surface area (Å²) < 4.78 is 5.11. The van der Waals surface area contributed by atoms with Crippen molar-refractivity contribution in [2.24, 2.45) is 0 Å². The molecule has 20 heavy (non-hydrogen) atoms. The standard InChI is InChI=1S/C14H14ClN3O2/c1-9(10-3-5-11(20-2)6-4-10)18-14-12(7-19)13(15)16-8-17-14/h3-9H,1-2H3,(H,16,17,18). The predicted molar refractivity (Wildman–Crippen MR) is 77.5 cm³/mol. The van der Waals surface area contributed by atoms with Crippen LogP contribution in [0.1, 0.15) is 28.9 Å². The fourth-order valence-corrected chi connectivity index (χ4v) is 1.95. The summed E-state index contributed by atoms with van der Waals surface area (Å²) >= 11 is 5.86. The van der Waals surface area contributed by atoms with Gasteiger partial charge in [-0.05, 0) is 24.6 Å². The third kappa shape index (κ3) is 3.05. The molecule has 0 bridgehead atoms. The average molecular weight is 292 g/mol. The van der Waals surface area contributed by atoms with Crippen LogP contribution in [0.15, 0.2) is 30.6 Å². The molecule has 0 aliphatic heterocycles. The number of hydrogen-bond donors (Lipinski definition) is 1. The molecular weight excluding hydrogens is 278 g/mol. The van der Waals surface area contributed by atoms with Crippen LogP contribution in [0.2, 0.25) is 5.15 Å². The summed E-state index contributed by atoms with van der Waals surface area (Å²) in [4.78, 5) is 18.9. The number of nitrogens with zero attached hydrogens (tertiary/aromatic N) is 2. The molecule has 0 radical (unpaired) electrons. The molecule has 0 amide bonds. The number of methoxy groups -OCH3 is 1. The van der Waals surface area contributed by atoms with Crippen LogP contribution in [-0.4, -0.2) is 23.4 Å². The highest BCUT2D eigenvalue weighted by Gasteiger charge is 2.12. The highest BCUT2D eigenvalue weighted by Crippen LogP contribution is 2.24. The Morgan fingerprint density at radius 2 is 2.00 bits per heavy atom. The molecule has 2 rings (SSSR count).